The van der Waals surface area contributed by atoms with Crippen LogP contribution in [0.1, 0.15) is 51.7 Å². The molecular formula is C18H27F2N3O6. The summed E-state index contributed by atoms with van der Waals surface area (Å²) in [4.78, 5) is 27.4. The van der Waals surface area contributed by atoms with E-state index >= 15 is 0 Å². The highest BCUT2D eigenvalue weighted by atomic mass is 19.3. The van der Waals surface area contributed by atoms with E-state index in [0.717, 1.165) is 37.9 Å². The van der Waals surface area contributed by atoms with Crippen molar-refractivity contribution in [2.24, 2.45) is 0 Å². The maximum atomic E-state index is 14.3. The Kier molecular flexibility index (Phi) is 8.47. The summed E-state index contributed by atoms with van der Waals surface area (Å²) < 4.78 is 39.1. The highest BCUT2D eigenvalue weighted by molar-refractivity contribution is 5.83. The van der Waals surface area contributed by atoms with Gasteiger partial charge in [-0.1, -0.05) is 32.6 Å². The molecule has 0 spiro atoms. The summed E-state index contributed by atoms with van der Waals surface area (Å²) in [5.41, 5.74) is -1.09. The average Bonchev–Trinajstić information content (AvgIpc) is 2.89. The van der Waals surface area contributed by atoms with Crippen molar-refractivity contribution >= 4 is 11.9 Å². The summed E-state index contributed by atoms with van der Waals surface area (Å²) in [5, 5.41) is 20.9. The number of carbonyl (C=O) groups is 1. The predicted molar refractivity (Wildman–Crippen MR) is 98.8 cm³/mol. The van der Waals surface area contributed by atoms with E-state index in [4.69, 9.17) is 14.6 Å². The Morgan fingerprint density at radius 3 is 2.76 bits per heavy atom. The van der Waals surface area contributed by atoms with Crippen LogP contribution in [0, 0.1) is 0 Å². The van der Waals surface area contributed by atoms with Crippen molar-refractivity contribution in [1.29, 1.82) is 0 Å². The van der Waals surface area contributed by atoms with Gasteiger partial charge in [0.05, 0.1) is 12.7 Å². The fourth-order valence-corrected chi connectivity index (χ4v) is 3.00. The number of anilines is 1. The van der Waals surface area contributed by atoms with E-state index in [1.165, 1.54) is 0 Å². The third-order valence-corrected chi connectivity index (χ3v) is 4.59. The van der Waals surface area contributed by atoms with Crippen molar-refractivity contribution in [3.63, 3.8) is 0 Å². The predicted octanol–water partition coefficient (Wildman–Crippen LogP) is 2.04. The number of hydrogen-bond donors (Lipinski definition) is 3. The van der Waals surface area contributed by atoms with Crippen molar-refractivity contribution in [2.75, 3.05) is 18.5 Å². The van der Waals surface area contributed by atoms with E-state index in [1.54, 1.807) is 0 Å². The van der Waals surface area contributed by atoms with Gasteiger partial charge in [0.15, 0.2) is 0 Å². The molecule has 0 bridgehead atoms. The summed E-state index contributed by atoms with van der Waals surface area (Å²) in [6, 6.07) is 1.15. The summed E-state index contributed by atoms with van der Waals surface area (Å²) in [7, 11) is 0. The number of rotatable bonds is 10. The molecule has 1 aliphatic rings. The van der Waals surface area contributed by atoms with Gasteiger partial charge in [-0.2, -0.15) is 13.8 Å². The van der Waals surface area contributed by atoms with Crippen LogP contribution in [0.4, 0.5) is 19.4 Å². The van der Waals surface area contributed by atoms with Crippen LogP contribution in [-0.4, -0.2) is 57.2 Å². The molecule has 2 rings (SSSR count). The van der Waals surface area contributed by atoms with E-state index in [0.29, 0.717) is 11.0 Å². The standard InChI is InChI=1S/C18H27F2N3O6/c1-2-3-4-5-6-11-28-17(27)22-13-7-9-23(16(26)21-13)15-18(19,20)14(25)12(29-15)8-10-24/h7,9,12,14-15,24-25H,2-6,8,10-11H2,1H3,(H,21,22,26,27)/t12-,14-,15-/m1/s1. The molecule has 11 heteroatoms. The Morgan fingerprint density at radius 2 is 2.10 bits per heavy atom. The molecule has 0 aliphatic carbocycles. The van der Waals surface area contributed by atoms with Crippen LogP contribution in [0.5, 0.6) is 0 Å². The van der Waals surface area contributed by atoms with E-state index in [-0.39, 0.29) is 18.8 Å². The van der Waals surface area contributed by atoms with Gasteiger partial charge in [0.2, 0.25) is 6.23 Å². The van der Waals surface area contributed by atoms with E-state index in [1.807, 2.05) is 0 Å². The van der Waals surface area contributed by atoms with Gasteiger partial charge in [-0.3, -0.25) is 9.88 Å². The lowest BCUT2D eigenvalue weighted by molar-refractivity contribution is -0.140. The second-order valence-corrected chi connectivity index (χ2v) is 6.84. The number of unbranched alkanes of at least 4 members (excludes halogenated alkanes) is 4. The second kappa shape index (κ2) is 10.6. The Hall–Kier alpha value is -2.11. The number of alkyl halides is 2. The van der Waals surface area contributed by atoms with Gasteiger partial charge in [-0.05, 0) is 18.9 Å². The molecule has 9 nitrogen and oxygen atoms in total. The number of nitrogens with one attached hydrogen (secondary N) is 1. The molecule has 164 valence electrons. The maximum absolute atomic E-state index is 14.3. The number of halogens is 2. The van der Waals surface area contributed by atoms with Gasteiger partial charge in [0.25, 0.3) is 0 Å². The van der Waals surface area contributed by atoms with Gasteiger partial charge < -0.3 is 19.7 Å². The molecule has 1 amide bonds. The fourth-order valence-electron chi connectivity index (χ4n) is 3.00. The molecule has 3 atom stereocenters. The first-order valence-corrected chi connectivity index (χ1v) is 9.66. The fraction of sp³-hybridized carbons (Fsp3) is 0.722. The van der Waals surface area contributed by atoms with Crippen LogP contribution in [-0.2, 0) is 9.47 Å². The Morgan fingerprint density at radius 1 is 1.38 bits per heavy atom. The van der Waals surface area contributed by atoms with Crippen molar-refractivity contribution in [3.8, 4) is 0 Å². The zero-order chi connectivity index (χ0) is 21.4. The topological polar surface area (TPSA) is 123 Å². The van der Waals surface area contributed by atoms with Crippen molar-refractivity contribution in [1.82, 2.24) is 9.55 Å². The largest absolute Gasteiger partial charge is 0.449 e. The van der Waals surface area contributed by atoms with Crippen LogP contribution < -0.4 is 11.0 Å². The highest BCUT2D eigenvalue weighted by Crippen LogP contribution is 2.43. The third kappa shape index (κ3) is 5.94. The molecule has 0 aromatic carbocycles. The zero-order valence-electron chi connectivity index (χ0n) is 16.2. The summed E-state index contributed by atoms with van der Waals surface area (Å²) >= 11 is 0. The lowest BCUT2D eigenvalue weighted by atomic mass is 10.1. The number of aliphatic hydroxyl groups excluding tert-OH is 2. The van der Waals surface area contributed by atoms with Crippen molar-refractivity contribution in [3.05, 3.63) is 22.7 Å². The van der Waals surface area contributed by atoms with Gasteiger partial charge in [0, 0.05) is 12.8 Å². The average molecular weight is 419 g/mol. The Balaban J connectivity index is 1.95. The first kappa shape index (κ1) is 23.2. The van der Waals surface area contributed by atoms with Gasteiger partial charge >= 0.3 is 17.7 Å². The van der Waals surface area contributed by atoms with E-state index in [9.17, 15) is 23.5 Å². The number of hydrogen-bond acceptors (Lipinski definition) is 7. The van der Waals surface area contributed by atoms with Crippen molar-refractivity contribution < 1.29 is 33.3 Å². The molecule has 1 aromatic rings. The molecule has 1 fully saturated rings. The number of carbonyl (C=O) groups excluding carboxylic acids is 1. The smallest absolute Gasteiger partial charge is 0.412 e. The summed E-state index contributed by atoms with van der Waals surface area (Å²) in [6.07, 6.45) is -0.643. The van der Waals surface area contributed by atoms with Gasteiger partial charge in [-0.15, -0.1) is 0 Å². The number of nitrogens with zero attached hydrogens (tertiary/aromatic N) is 2. The Bertz CT molecular complexity index is 730. The number of aromatic nitrogens is 2. The molecule has 3 N–H and O–H groups in total. The van der Waals surface area contributed by atoms with E-state index in [2.05, 4.69) is 17.2 Å². The number of ether oxygens (including phenoxy) is 2. The molecule has 0 saturated carbocycles. The van der Waals surface area contributed by atoms with Crippen LogP contribution >= 0.6 is 0 Å². The SMILES string of the molecule is CCCCCCCOC(=O)Nc1ccn([C@@H]2O[C@H](CCO)[C@@H](O)C2(F)F)c(=O)n1. The molecule has 0 unspecified atom stereocenters. The Labute approximate surface area is 166 Å². The lowest BCUT2D eigenvalue weighted by Gasteiger charge is -2.21. The van der Waals surface area contributed by atoms with Gasteiger partial charge in [-0.25, -0.2) is 9.59 Å². The first-order chi connectivity index (χ1) is 13.8. The molecule has 1 aromatic heterocycles. The van der Waals surface area contributed by atoms with Crippen LogP contribution in [0.3, 0.4) is 0 Å². The van der Waals surface area contributed by atoms with E-state index < -0.39 is 42.7 Å². The van der Waals surface area contributed by atoms with Crippen LogP contribution in [0.15, 0.2) is 17.1 Å². The molecule has 1 saturated heterocycles. The van der Waals surface area contributed by atoms with Crippen LogP contribution in [0.25, 0.3) is 0 Å². The van der Waals surface area contributed by atoms with Gasteiger partial charge in [0.1, 0.15) is 11.9 Å². The molecule has 29 heavy (non-hydrogen) atoms. The summed E-state index contributed by atoms with van der Waals surface area (Å²) in [5.74, 6) is -3.91. The maximum Gasteiger partial charge on any atom is 0.412 e. The lowest BCUT2D eigenvalue weighted by Crippen LogP contribution is -2.41. The second-order valence-electron chi connectivity index (χ2n) is 6.84. The third-order valence-electron chi connectivity index (χ3n) is 4.59. The quantitative estimate of drug-likeness (QED) is 0.496. The normalized spacial score (nSPS) is 23.1. The summed E-state index contributed by atoms with van der Waals surface area (Å²) in [6.45, 7) is 1.86. The molecule has 1 aliphatic heterocycles. The molecular weight excluding hydrogens is 392 g/mol. The monoisotopic (exact) mass is 419 g/mol. The van der Waals surface area contributed by atoms with Crippen molar-refractivity contribution in [2.45, 2.75) is 69.8 Å². The highest BCUT2D eigenvalue weighted by Gasteiger charge is 2.59. The minimum Gasteiger partial charge on any atom is -0.449 e. The number of aliphatic hydroxyl groups is 2. The number of amides is 1. The molecule has 0 radical (unpaired) electrons. The minimum atomic E-state index is -3.75. The van der Waals surface area contributed by atoms with Crippen LogP contribution in [0.2, 0.25) is 0 Å². The minimum absolute atomic E-state index is 0.156. The zero-order valence-corrected chi connectivity index (χ0v) is 16.2. The first-order valence-electron chi connectivity index (χ1n) is 9.66. The molecule has 2 heterocycles.